The van der Waals surface area contributed by atoms with Gasteiger partial charge in [-0.3, -0.25) is 0 Å². The first-order valence-corrected chi connectivity index (χ1v) is 5.35. The van der Waals surface area contributed by atoms with Crippen LogP contribution in [0.5, 0.6) is 11.5 Å². The maximum atomic E-state index is 13.6. The second-order valence-corrected chi connectivity index (χ2v) is 3.83. The van der Waals surface area contributed by atoms with Crippen molar-refractivity contribution in [3.63, 3.8) is 0 Å². The molecule has 0 aliphatic rings. The van der Waals surface area contributed by atoms with Gasteiger partial charge in [0.25, 0.3) is 0 Å². The van der Waals surface area contributed by atoms with Gasteiger partial charge < -0.3 is 10.5 Å². The minimum absolute atomic E-state index is 0.240. The van der Waals surface area contributed by atoms with Crippen LogP contribution in [0, 0.1) is 11.6 Å². The van der Waals surface area contributed by atoms with Crippen molar-refractivity contribution in [2.45, 2.75) is 0 Å². The summed E-state index contributed by atoms with van der Waals surface area (Å²) < 4.78 is 33.6. The number of pyridine rings is 1. The largest absolute Gasteiger partial charge is 0.454 e. The predicted molar refractivity (Wildman–Crippen MR) is 63.8 cm³/mol. The summed E-state index contributed by atoms with van der Waals surface area (Å²) in [5.74, 6) is -1.39. The fourth-order valence-electron chi connectivity index (χ4n) is 1.61. The molecule has 0 bridgehead atoms. The standard InChI is InChI=1S/C12H8F2N4O/c13-8-5-11(9(14)4-10(8)15)19-7-1-2-18-12(3-7)16-6-17-18/h1-6H,15H2. The van der Waals surface area contributed by atoms with E-state index >= 15 is 0 Å². The van der Waals surface area contributed by atoms with E-state index in [1.54, 1.807) is 18.3 Å². The second kappa shape index (κ2) is 4.20. The fourth-order valence-corrected chi connectivity index (χ4v) is 1.61. The van der Waals surface area contributed by atoms with Gasteiger partial charge in [0.1, 0.15) is 17.9 Å². The van der Waals surface area contributed by atoms with Crippen molar-refractivity contribution in [2.75, 3.05) is 5.73 Å². The molecule has 0 spiro atoms. The van der Waals surface area contributed by atoms with Crippen LogP contribution in [-0.4, -0.2) is 14.6 Å². The van der Waals surface area contributed by atoms with Gasteiger partial charge >= 0.3 is 0 Å². The Hall–Kier alpha value is -2.70. The molecular formula is C12H8F2N4O. The van der Waals surface area contributed by atoms with Crippen LogP contribution in [0.1, 0.15) is 0 Å². The first-order valence-electron chi connectivity index (χ1n) is 5.35. The zero-order chi connectivity index (χ0) is 13.4. The molecule has 19 heavy (non-hydrogen) atoms. The fraction of sp³-hybridized carbons (Fsp3) is 0. The van der Waals surface area contributed by atoms with E-state index in [0.717, 1.165) is 12.1 Å². The van der Waals surface area contributed by atoms with Gasteiger partial charge in [-0.05, 0) is 6.07 Å². The molecule has 2 N–H and O–H groups in total. The second-order valence-electron chi connectivity index (χ2n) is 3.83. The molecule has 3 aromatic rings. The lowest BCUT2D eigenvalue weighted by Gasteiger charge is -2.08. The van der Waals surface area contributed by atoms with E-state index in [9.17, 15) is 8.78 Å². The summed E-state index contributed by atoms with van der Waals surface area (Å²) >= 11 is 0. The summed E-state index contributed by atoms with van der Waals surface area (Å²) in [5, 5.41) is 3.91. The Morgan fingerprint density at radius 2 is 2.00 bits per heavy atom. The summed E-state index contributed by atoms with van der Waals surface area (Å²) in [6, 6.07) is 4.90. The molecule has 7 heteroatoms. The number of nitrogen functional groups attached to an aromatic ring is 1. The van der Waals surface area contributed by atoms with E-state index in [-0.39, 0.29) is 11.4 Å². The molecule has 0 saturated carbocycles. The van der Waals surface area contributed by atoms with Crippen LogP contribution in [0.25, 0.3) is 5.65 Å². The number of rotatable bonds is 2. The van der Waals surface area contributed by atoms with Crippen LogP contribution in [0.3, 0.4) is 0 Å². The van der Waals surface area contributed by atoms with Crippen molar-refractivity contribution in [3.05, 3.63) is 48.4 Å². The summed E-state index contributed by atoms with van der Waals surface area (Å²) in [6.45, 7) is 0. The highest BCUT2D eigenvalue weighted by Crippen LogP contribution is 2.28. The molecule has 5 nitrogen and oxygen atoms in total. The van der Waals surface area contributed by atoms with E-state index in [4.69, 9.17) is 10.5 Å². The third-order valence-electron chi connectivity index (χ3n) is 2.53. The van der Waals surface area contributed by atoms with Gasteiger partial charge in [0.05, 0.1) is 5.69 Å². The maximum absolute atomic E-state index is 13.6. The van der Waals surface area contributed by atoms with Crippen LogP contribution >= 0.6 is 0 Å². The van der Waals surface area contributed by atoms with Crippen molar-refractivity contribution < 1.29 is 13.5 Å². The summed E-state index contributed by atoms with van der Waals surface area (Å²) in [5.41, 5.74) is 5.52. The van der Waals surface area contributed by atoms with Crippen molar-refractivity contribution in [3.8, 4) is 11.5 Å². The van der Waals surface area contributed by atoms with Gasteiger partial charge in [-0.25, -0.2) is 18.3 Å². The average Bonchev–Trinajstić information content (AvgIpc) is 2.83. The normalized spacial score (nSPS) is 10.8. The third kappa shape index (κ3) is 2.05. The van der Waals surface area contributed by atoms with Crippen molar-refractivity contribution in [1.82, 2.24) is 14.6 Å². The first kappa shape index (κ1) is 11.4. The van der Waals surface area contributed by atoms with Crippen LogP contribution in [-0.2, 0) is 0 Å². The quantitative estimate of drug-likeness (QED) is 0.720. The minimum Gasteiger partial charge on any atom is -0.454 e. The van der Waals surface area contributed by atoms with Crippen LogP contribution in [0.4, 0.5) is 14.5 Å². The Balaban J connectivity index is 1.98. The molecule has 0 saturated heterocycles. The molecular weight excluding hydrogens is 254 g/mol. The molecule has 0 atom stereocenters. The number of hydrogen-bond donors (Lipinski definition) is 1. The van der Waals surface area contributed by atoms with E-state index in [0.29, 0.717) is 11.4 Å². The Morgan fingerprint density at radius 3 is 2.84 bits per heavy atom. The zero-order valence-corrected chi connectivity index (χ0v) is 9.55. The molecule has 3 rings (SSSR count). The SMILES string of the molecule is Nc1cc(F)c(Oc2ccn3ncnc3c2)cc1F. The highest BCUT2D eigenvalue weighted by atomic mass is 19.1. The Morgan fingerprint density at radius 1 is 1.16 bits per heavy atom. The van der Waals surface area contributed by atoms with E-state index in [1.807, 2.05) is 0 Å². The molecule has 0 radical (unpaired) electrons. The molecule has 2 heterocycles. The summed E-state index contributed by atoms with van der Waals surface area (Å²) in [7, 11) is 0. The molecule has 2 aromatic heterocycles. The topological polar surface area (TPSA) is 65.4 Å². The average molecular weight is 262 g/mol. The number of nitrogens with two attached hydrogens (primary N) is 1. The number of benzene rings is 1. The van der Waals surface area contributed by atoms with Crippen molar-refractivity contribution >= 4 is 11.3 Å². The number of hydrogen-bond acceptors (Lipinski definition) is 4. The lowest BCUT2D eigenvalue weighted by molar-refractivity contribution is 0.437. The number of anilines is 1. The number of nitrogens with zero attached hydrogens (tertiary/aromatic N) is 3. The highest BCUT2D eigenvalue weighted by molar-refractivity contribution is 5.48. The third-order valence-corrected chi connectivity index (χ3v) is 2.53. The molecule has 0 fully saturated rings. The molecule has 96 valence electrons. The van der Waals surface area contributed by atoms with Crippen LogP contribution in [0.2, 0.25) is 0 Å². The molecule has 0 aliphatic carbocycles. The van der Waals surface area contributed by atoms with Crippen LogP contribution < -0.4 is 10.5 Å². The smallest absolute Gasteiger partial charge is 0.167 e. The molecule has 0 amide bonds. The van der Waals surface area contributed by atoms with Crippen LogP contribution in [0.15, 0.2) is 36.8 Å². The monoisotopic (exact) mass is 262 g/mol. The van der Waals surface area contributed by atoms with Gasteiger partial charge in [-0.2, -0.15) is 5.10 Å². The van der Waals surface area contributed by atoms with E-state index in [1.165, 1.54) is 10.8 Å². The Kier molecular flexibility index (Phi) is 2.52. The number of halogens is 2. The minimum atomic E-state index is -0.736. The van der Waals surface area contributed by atoms with Crippen molar-refractivity contribution in [1.29, 1.82) is 0 Å². The number of fused-ring (bicyclic) bond motifs is 1. The zero-order valence-electron chi connectivity index (χ0n) is 9.55. The molecule has 0 aliphatic heterocycles. The highest BCUT2D eigenvalue weighted by Gasteiger charge is 2.10. The van der Waals surface area contributed by atoms with E-state index in [2.05, 4.69) is 10.1 Å². The van der Waals surface area contributed by atoms with E-state index < -0.39 is 11.6 Å². The van der Waals surface area contributed by atoms with Gasteiger partial charge in [-0.15, -0.1) is 0 Å². The Labute approximate surface area is 106 Å². The summed E-state index contributed by atoms with van der Waals surface area (Å²) in [4.78, 5) is 3.96. The maximum Gasteiger partial charge on any atom is 0.167 e. The number of ether oxygens (including phenoxy) is 1. The Bertz CT molecular complexity index is 757. The summed E-state index contributed by atoms with van der Waals surface area (Å²) in [6.07, 6.45) is 2.98. The molecule has 1 aromatic carbocycles. The lowest BCUT2D eigenvalue weighted by atomic mass is 10.3. The lowest BCUT2D eigenvalue weighted by Crippen LogP contribution is -1.96. The van der Waals surface area contributed by atoms with Gasteiger partial charge in [0.15, 0.2) is 17.2 Å². The predicted octanol–water partition coefficient (Wildman–Crippen LogP) is 2.38. The van der Waals surface area contributed by atoms with Crippen molar-refractivity contribution in [2.24, 2.45) is 0 Å². The van der Waals surface area contributed by atoms with Gasteiger partial charge in [0.2, 0.25) is 0 Å². The number of aromatic nitrogens is 3. The van der Waals surface area contributed by atoms with Gasteiger partial charge in [-0.1, -0.05) is 0 Å². The first-order chi connectivity index (χ1) is 9.13. The molecule has 0 unspecified atom stereocenters. The van der Waals surface area contributed by atoms with Gasteiger partial charge in [0, 0.05) is 24.4 Å².